The number of hydrogen-bond acceptors (Lipinski definition) is 8. The van der Waals surface area contributed by atoms with Crippen molar-refractivity contribution in [3.05, 3.63) is 53.7 Å². The normalized spacial score (nSPS) is 12.9. The first-order valence-corrected chi connectivity index (χ1v) is 7.50. The molecule has 0 radical (unpaired) electrons. The minimum absolute atomic E-state index is 0.241. The summed E-state index contributed by atoms with van der Waals surface area (Å²) in [6, 6.07) is 7.61. The highest BCUT2D eigenvalue weighted by Gasteiger charge is 2.16. The molecule has 25 heavy (non-hydrogen) atoms. The maximum absolute atomic E-state index is 5.44. The first kappa shape index (κ1) is 18.2. The lowest BCUT2D eigenvalue weighted by Gasteiger charge is -2.09. The Hall–Kier alpha value is -3.16. The summed E-state index contributed by atoms with van der Waals surface area (Å²) in [6.45, 7) is 3.81. The summed E-state index contributed by atoms with van der Waals surface area (Å²) >= 11 is 0. The van der Waals surface area contributed by atoms with E-state index in [0.717, 1.165) is 11.1 Å². The minimum Gasteiger partial charge on any atom is -0.442 e. The highest BCUT2D eigenvalue weighted by molar-refractivity contribution is 6.40. The Bertz CT molecular complexity index is 767. The molecule has 8 heteroatoms. The third-order valence-corrected chi connectivity index (χ3v) is 3.29. The Kier molecular flexibility index (Phi) is 6.70. The first-order chi connectivity index (χ1) is 12.2. The lowest BCUT2D eigenvalue weighted by molar-refractivity contribution is 0.130. The highest BCUT2D eigenvalue weighted by Crippen LogP contribution is 2.17. The molecule has 0 unspecified atom stereocenters. The smallest absolute Gasteiger partial charge is 0.181 e. The Morgan fingerprint density at radius 3 is 2.44 bits per heavy atom. The van der Waals surface area contributed by atoms with Crippen molar-refractivity contribution < 1.29 is 18.9 Å². The fourth-order valence-corrected chi connectivity index (χ4v) is 2.00. The Morgan fingerprint density at radius 2 is 1.76 bits per heavy atom. The summed E-state index contributed by atoms with van der Waals surface area (Å²) in [7, 11) is 2.95. The second-order valence-electron chi connectivity index (χ2n) is 4.95. The van der Waals surface area contributed by atoms with E-state index in [4.69, 9.17) is 18.9 Å². The molecule has 0 aliphatic carbocycles. The van der Waals surface area contributed by atoms with Crippen molar-refractivity contribution in [2.75, 3.05) is 14.2 Å². The zero-order chi connectivity index (χ0) is 18.1. The van der Waals surface area contributed by atoms with E-state index in [-0.39, 0.29) is 6.61 Å². The SMILES string of the molecule is CO/N=C(C)/C(C)=N/OCc1ccccc1/C(=N\OC)c1cnco1. The topological polar surface area (TPSA) is 90.8 Å². The van der Waals surface area contributed by atoms with Gasteiger partial charge in [0.2, 0.25) is 0 Å². The van der Waals surface area contributed by atoms with Gasteiger partial charge in [0.1, 0.15) is 32.2 Å². The quantitative estimate of drug-likeness (QED) is 0.542. The van der Waals surface area contributed by atoms with Crippen LogP contribution in [0.5, 0.6) is 0 Å². The molecule has 0 atom stereocenters. The Labute approximate surface area is 145 Å². The van der Waals surface area contributed by atoms with Crippen molar-refractivity contribution in [3.63, 3.8) is 0 Å². The largest absolute Gasteiger partial charge is 0.442 e. The van der Waals surface area contributed by atoms with Gasteiger partial charge in [-0.3, -0.25) is 0 Å². The van der Waals surface area contributed by atoms with Crippen molar-refractivity contribution in [2.45, 2.75) is 20.5 Å². The Morgan fingerprint density at radius 1 is 1.04 bits per heavy atom. The molecule has 2 rings (SSSR count). The van der Waals surface area contributed by atoms with Crippen molar-refractivity contribution >= 4 is 17.1 Å². The van der Waals surface area contributed by atoms with Crippen LogP contribution in [-0.4, -0.2) is 36.3 Å². The van der Waals surface area contributed by atoms with Crippen LogP contribution < -0.4 is 0 Å². The molecule has 0 amide bonds. The average molecular weight is 344 g/mol. The molecule has 0 aliphatic heterocycles. The fraction of sp³-hybridized carbons (Fsp3) is 0.294. The number of oxazole rings is 1. The third kappa shape index (κ3) is 4.90. The molecular formula is C17H20N4O4. The fourth-order valence-electron chi connectivity index (χ4n) is 2.00. The highest BCUT2D eigenvalue weighted by atomic mass is 16.6. The summed E-state index contributed by atoms with van der Waals surface area (Å²) in [5.41, 5.74) is 3.46. The monoisotopic (exact) mass is 344 g/mol. The van der Waals surface area contributed by atoms with Gasteiger partial charge in [0.05, 0.1) is 6.20 Å². The van der Waals surface area contributed by atoms with Crippen LogP contribution in [0.15, 0.2) is 56.7 Å². The van der Waals surface area contributed by atoms with Crippen LogP contribution in [-0.2, 0) is 21.1 Å². The van der Waals surface area contributed by atoms with Gasteiger partial charge < -0.3 is 18.9 Å². The van der Waals surface area contributed by atoms with E-state index in [0.29, 0.717) is 22.9 Å². The van der Waals surface area contributed by atoms with Gasteiger partial charge in [-0.05, 0) is 13.8 Å². The number of rotatable bonds is 8. The molecule has 1 heterocycles. The zero-order valence-electron chi connectivity index (χ0n) is 14.6. The molecule has 132 valence electrons. The number of nitrogens with zero attached hydrogens (tertiary/aromatic N) is 4. The average Bonchev–Trinajstić information content (AvgIpc) is 3.14. The summed E-state index contributed by atoms with van der Waals surface area (Å²) < 4.78 is 5.34. The van der Waals surface area contributed by atoms with Gasteiger partial charge in [-0.1, -0.05) is 39.7 Å². The maximum atomic E-state index is 5.44. The lowest BCUT2D eigenvalue weighted by Crippen LogP contribution is -2.09. The molecule has 0 spiro atoms. The molecule has 0 saturated heterocycles. The van der Waals surface area contributed by atoms with Gasteiger partial charge in [0.25, 0.3) is 0 Å². The molecule has 0 saturated carbocycles. The molecule has 1 aromatic carbocycles. The van der Waals surface area contributed by atoms with Crippen molar-refractivity contribution in [3.8, 4) is 0 Å². The number of benzene rings is 1. The van der Waals surface area contributed by atoms with E-state index >= 15 is 0 Å². The van der Waals surface area contributed by atoms with E-state index < -0.39 is 0 Å². The minimum atomic E-state index is 0.241. The van der Waals surface area contributed by atoms with Crippen molar-refractivity contribution in [1.82, 2.24) is 4.98 Å². The zero-order valence-corrected chi connectivity index (χ0v) is 14.6. The molecule has 2 aromatic rings. The van der Waals surface area contributed by atoms with Gasteiger partial charge in [0, 0.05) is 11.1 Å². The molecule has 0 N–H and O–H groups in total. The van der Waals surface area contributed by atoms with Crippen LogP contribution in [0.2, 0.25) is 0 Å². The first-order valence-electron chi connectivity index (χ1n) is 7.50. The lowest BCUT2D eigenvalue weighted by atomic mass is 10.0. The summed E-state index contributed by atoms with van der Waals surface area (Å²) in [4.78, 5) is 19.0. The number of hydrogen-bond donors (Lipinski definition) is 0. The predicted octanol–water partition coefficient (Wildman–Crippen LogP) is 2.99. The van der Waals surface area contributed by atoms with Crippen LogP contribution >= 0.6 is 0 Å². The van der Waals surface area contributed by atoms with E-state index in [1.165, 1.54) is 20.6 Å². The van der Waals surface area contributed by atoms with Crippen LogP contribution in [0.25, 0.3) is 0 Å². The molecule has 8 nitrogen and oxygen atoms in total. The standard InChI is InChI=1S/C17H20N4O4/c1-12(19-22-3)13(2)20-25-10-14-7-5-6-8-15(14)17(21-23-4)16-9-18-11-24-16/h5-9,11H,10H2,1-4H3/b19-12+,20-13+,21-17+. The molecule has 0 fully saturated rings. The summed E-state index contributed by atoms with van der Waals surface area (Å²) in [6.07, 6.45) is 2.91. The predicted molar refractivity (Wildman–Crippen MR) is 93.6 cm³/mol. The van der Waals surface area contributed by atoms with Gasteiger partial charge >= 0.3 is 0 Å². The summed E-state index contributed by atoms with van der Waals surface area (Å²) in [5.74, 6) is 0.497. The van der Waals surface area contributed by atoms with Crippen LogP contribution in [0.3, 0.4) is 0 Å². The molecule has 0 aliphatic rings. The second kappa shape index (κ2) is 9.21. The van der Waals surface area contributed by atoms with Gasteiger partial charge in [-0.25, -0.2) is 4.98 Å². The molecule has 0 bridgehead atoms. The molecular weight excluding hydrogens is 324 g/mol. The van der Waals surface area contributed by atoms with Gasteiger partial charge in [0.15, 0.2) is 17.9 Å². The third-order valence-electron chi connectivity index (χ3n) is 3.29. The van der Waals surface area contributed by atoms with E-state index in [2.05, 4.69) is 20.5 Å². The maximum Gasteiger partial charge on any atom is 0.181 e. The van der Waals surface area contributed by atoms with Crippen molar-refractivity contribution in [2.24, 2.45) is 15.5 Å². The second-order valence-corrected chi connectivity index (χ2v) is 4.95. The molecule has 1 aromatic heterocycles. The van der Waals surface area contributed by atoms with E-state index in [1.807, 2.05) is 24.3 Å². The van der Waals surface area contributed by atoms with Gasteiger partial charge in [-0.2, -0.15) is 0 Å². The number of oxime groups is 3. The number of aromatic nitrogens is 1. The van der Waals surface area contributed by atoms with Crippen LogP contribution in [0.1, 0.15) is 30.7 Å². The van der Waals surface area contributed by atoms with Crippen LogP contribution in [0.4, 0.5) is 0 Å². The van der Waals surface area contributed by atoms with E-state index in [9.17, 15) is 0 Å². The van der Waals surface area contributed by atoms with Crippen molar-refractivity contribution in [1.29, 1.82) is 0 Å². The van der Waals surface area contributed by atoms with Gasteiger partial charge in [-0.15, -0.1) is 0 Å². The van der Waals surface area contributed by atoms with E-state index in [1.54, 1.807) is 20.0 Å². The Balaban J connectivity index is 2.22. The summed E-state index contributed by atoms with van der Waals surface area (Å²) in [5, 5.41) is 11.9. The van der Waals surface area contributed by atoms with Crippen LogP contribution in [0, 0.1) is 0 Å².